The Bertz CT molecular complexity index is 233. The van der Waals surface area contributed by atoms with Crippen molar-refractivity contribution in [1.29, 1.82) is 0 Å². The first-order valence-electron chi connectivity index (χ1n) is 6.83. The zero-order valence-corrected chi connectivity index (χ0v) is 11.2. The van der Waals surface area contributed by atoms with E-state index in [0.29, 0.717) is 5.92 Å². The molecule has 0 radical (unpaired) electrons. The molecule has 2 unspecified atom stereocenters. The molecule has 0 aliphatic heterocycles. The molecule has 0 aromatic carbocycles. The van der Waals surface area contributed by atoms with Crippen molar-refractivity contribution in [3.63, 3.8) is 0 Å². The van der Waals surface area contributed by atoms with Gasteiger partial charge in [-0.3, -0.25) is 4.79 Å². The molecule has 4 heteroatoms. The number of carbonyl (C=O) groups excluding carboxylic acids is 1. The molecule has 4 nitrogen and oxygen atoms in total. The first kappa shape index (κ1) is 14.5. The SMILES string of the molecule is CCN(C)CCNC(=O)C1CCCC(CN)C1. The standard InChI is InChI=1S/C13H27N3O/c1-3-16(2)8-7-15-13(17)12-6-4-5-11(9-12)10-14/h11-12H,3-10,14H2,1-2H3,(H,15,17). The lowest BCUT2D eigenvalue weighted by atomic mass is 9.81. The summed E-state index contributed by atoms with van der Waals surface area (Å²) in [7, 11) is 2.07. The van der Waals surface area contributed by atoms with E-state index in [1.807, 2.05) is 0 Å². The second-order valence-electron chi connectivity index (χ2n) is 5.15. The van der Waals surface area contributed by atoms with Crippen LogP contribution >= 0.6 is 0 Å². The summed E-state index contributed by atoms with van der Waals surface area (Å²) in [6.07, 6.45) is 4.35. The van der Waals surface area contributed by atoms with Crippen LogP contribution in [0.2, 0.25) is 0 Å². The van der Waals surface area contributed by atoms with Gasteiger partial charge in [0.1, 0.15) is 0 Å². The molecular weight excluding hydrogens is 214 g/mol. The zero-order valence-electron chi connectivity index (χ0n) is 11.2. The highest BCUT2D eigenvalue weighted by atomic mass is 16.1. The predicted molar refractivity (Wildman–Crippen MR) is 70.7 cm³/mol. The summed E-state index contributed by atoms with van der Waals surface area (Å²) < 4.78 is 0. The van der Waals surface area contributed by atoms with E-state index in [4.69, 9.17) is 5.73 Å². The first-order valence-corrected chi connectivity index (χ1v) is 6.83. The fourth-order valence-electron chi connectivity index (χ4n) is 2.42. The number of rotatable bonds is 6. The van der Waals surface area contributed by atoms with E-state index >= 15 is 0 Å². The number of nitrogens with zero attached hydrogens (tertiary/aromatic N) is 1. The van der Waals surface area contributed by atoms with Gasteiger partial charge in [0, 0.05) is 19.0 Å². The van der Waals surface area contributed by atoms with Gasteiger partial charge in [-0.25, -0.2) is 0 Å². The van der Waals surface area contributed by atoms with Crippen molar-refractivity contribution in [1.82, 2.24) is 10.2 Å². The van der Waals surface area contributed by atoms with E-state index in [2.05, 4.69) is 24.2 Å². The summed E-state index contributed by atoms with van der Waals surface area (Å²) in [6.45, 7) is 5.55. The summed E-state index contributed by atoms with van der Waals surface area (Å²) >= 11 is 0. The summed E-state index contributed by atoms with van der Waals surface area (Å²) in [5.74, 6) is 0.981. The average molecular weight is 241 g/mol. The molecule has 1 rings (SSSR count). The Morgan fingerprint density at radius 3 is 2.88 bits per heavy atom. The van der Waals surface area contributed by atoms with Gasteiger partial charge in [-0.1, -0.05) is 13.3 Å². The van der Waals surface area contributed by atoms with Gasteiger partial charge in [-0.2, -0.15) is 0 Å². The van der Waals surface area contributed by atoms with E-state index in [-0.39, 0.29) is 11.8 Å². The third-order valence-electron chi connectivity index (χ3n) is 3.82. The predicted octanol–water partition coefficient (Wildman–Crippen LogP) is 0.819. The number of nitrogens with one attached hydrogen (secondary N) is 1. The molecule has 2 atom stereocenters. The van der Waals surface area contributed by atoms with Crippen LogP contribution in [0.25, 0.3) is 0 Å². The molecule has 0 bridgehead atoms. The van der Waals surface area contributed by atoms with Crippen molar-refractivity contribution in [3.8, 4) is 0 Å². The molecule has 100 valence electrons. The maximum Gasteiger partial charge on any atom is 0.223 e. The molecule has 1 amide bonds. The largest absolute Gasteiger partial charge is 0.355 e. The minimum atomic E-state index is 0.198. The number of nitrogens with two attached hydrogens (primary N) is 1. The van der Waals surface area contributed by atoms with Crippen molar-refractivity contribution >= 4 is 5.91 Å². The molecule has 1 fully saturated rings. The summed E-state index contributed by atoms with van der Waals surface area (Å²) in [5.41, 5.74) is 5.69. The Morgan fingerprint density at radius 2 is 2.24 bits per heavy atom. The lowest BCUT2D eigenvalue weighted by molar-refractivity contribution is -0.126. The topological polar surface area (TPSA) is 58.4 Å². The highest BCUT2D eigenvalue weighted by molar-refractivity contribution is 5.78. The lowest BCUT2D eigenvalue weighted by Gasteiger charge is -2.27. The molecule has 1 saturated carbocycles. The molecule has 1 aliphatic carbocycles. The highest BCUT2D eigenvalue weighted by Crippen LogP contribution is 2.28. The van der Waals surface area contributed by atoms with Crippen LogP contribution in [0, 0.1) is 11.8 Å². The molecule has 0 aromatic rings. The molecule has 0 saturated heterocycles. The molecule has 0 aromatic heterocycles. The second-order valence-corrected chi connectivity index (χ2v) is 5.15. The Kier molecular flexibility index (Phi) is 6.52. The second kappa shape index (κ2) is 7.67. The number of hydrogen-bond donors (Lipinski definition) is 2. The van der Waals surface area contributed by atoms with E-state index in [9.17, 15) is 4.79 Å². The molecule has 0 spiro atoms. The highest BCUT2D eigenvalue weighted by Gasteiger charge is 2.26. The van der Waals surface area contributed by atoms with Crippen LogP contribution in [-0.2, 0) is 4.79 Å². The minimum Gasteiger partial charge on any atom is -0.355 e. The smallest absolute Gasteiger partial charge is 0.223 e. The van der Waals surface area contributed by atoms with Crippen LogP contribution in [0.3, 0.4) is 0 Å². The van der Waals surface area contributed by atoms with E-state index < -0.39 is 0 Å². The molecule has 1 aliphatic rings. The third kappa shape index (κ3) is 5.04. The maximum atomic E-state index is 12.0. The zero-order chi connectivity index (χ0) is 12.7. The normalized spacial score (nSPS) is 24.9. The van der Waals surface area contributed by atoms with Crippen LogP contribution < -0.4 is 11.1 Å². The third-order valence-corrected chi connectivity index (χ3v) is 3.82. The lowest BCUT2D eigenvalue weighted by Crippen LogP contribution is -2.38. The fraction of sp³-hybridized carbons (Fsp3) is 0.923. The van der Waals surface area contributed by atoms with Gasteiger partial charge >= 0.3 is 0 Å². The summed E-state index contributed by atoms with van der Waals surface area (Å²) in [5, 5.41) is 3.04. The number of carbonyl (C=O) groups is 1. The van der Waals surface area contributed by atoms with E-state index in [1.165, 1.54) is 6.42 Å². The molecule has 3 N–H and O–H groups in total. The van der Waals surface area contributed by atoms with Gasteiger partial charge in [-0.05, 0) is 45.3 Å². The van der Waals surface area contributed by atoms with Crippen molar-refractivity contribution in [2.75, 3.05) is 33.2 Å². The van der Waals surface area contributed by atoms with Crippen molar-refractivity contribution in [2.24, 2.45) is 17.6 Å². The molecule has 17 heavy (non-hydrogen) atoms. The monoisotopic (exact) mass is 241 g/mol. The van der Waals surface area contributed by atoms with Crippen LogP contribution in [0.4, 0.5) is 0 Å². The van der Waals surface area contributed by atoms with E-state index in [0.717, 1.165) is 45.4 Å². The van der Waals surface area contributed by atoms with Gasteiger partial charge in [0.2, 0.25) is 5.91 Å². The van der Waals surface area contributed by atoms with Gasteiger partial charge in [0.15, 0.2) is 0 Å². The first-order chi connectivity index (χ1) is 8.17. The van der Waals surface area contributed by atoms with Crippen molar-refractivity contribution in [2.45, 2.75) is 32.6 Å². The van der Waals surface area contributed by atoms with Crippen LogP contribution in [0.5, 0.6) is 0 Å². The Labute approximate surface area is 105 Å². The van der Waals surface area contributed by atoms with E-state index in [1.54, 1.807) is 0 Å². The van der Waals surface area contributed by atoms with Crippen molar-refractivity contribution < 1.29 is 4.79 Å². The summed E-state index contributed by atoms with van der Waals surface area (Å²) in [6, 6.07) is 0. The number of hydrogen-bond acceptors (Lipinski definition) is 3. The van der Waals surface area contributed by atoms with Gasteiger partial charge in [0.05, 0.1) is 0 Å². The Morgan fingerprint density at radius 1 is 1.47 bits per heavy atom. The number of amides is 1. The van der Waals surface area contributed by atoms with Gasteiger partial charge in [0.25, 0.3) is 0 Å². The average Bonchev–Trinajstić information content (AvgIpc) is 2.38. The molecule has 0 heterocycles. The quantitative estimate of drug-likeness (QED) is 0.724. The Balaban J connectivity index is 2.22. The summed E-state index contributed by atoms with van der Waals surface area (Å²) in [4.78, 5) is 14.2. The van der Waals surface area contributed by atoms with Crippen LogP contribution in [0.1, 0.15) is 32.6 Å². The fourth-order valence-corrected chi connectivity index (χ4v) is 2.42. The van der Waals surface area contributed by atoms with Crippen LogP contribution in [0.15, 0.2) is 0 Å². The molecular formula is C13H27N3O. The Hall–Kier alpha value is -0.610. The maximum absolute atomic E-state index is 12.0. The number of likely N-dealkylation sites (N-methyl/N-ethyl adjacent to an activating group) is 1. The minimum absolute atomic E-state index is 0.198. The van der Waals surface area contributed by atoms with Crippen LogP contribution in [-0.4, -0.2) is 44.0 Å². The van der Waals surface area contributed by atoms with Gasteiger partial charge in [-0.15, -0.1) is 0 Å². The van der Waals surface area contributed by atoms with Gasteiger partial charge < -0.3 is 16.0 Å². The van der Waals surface area contributed by atoms with Crippen molar-refractivity contribution in [3.05, 3.63) is 0 Å².